The molecule has 107 heavy (non-hydrogen) atoms. The fourth-order valence-corrected chi connectivity index (χ4v) is 18.1. The number of anilines is 12. The van der Waals surface area contributed by atoms with Gasteiger partial charge < -0.3 is 24.2 Å². The van der Waals surface area contributed by atoms with Gasteiger partial charge in [-0.3, -0.25) is 0 Å². The standard InChI is InChI=1S/C100H88BN5S/c1-97(2,3)67-49-53-71(54-50-67)102(73-37-29-35-69(59-73)99(7,8)9)75-57-58-82-87(61-75)105(83-44-24-19-39-77(83)65-31-15-13-16-32-65)89-62-76(104-85-46-26-21-41-79(85)80-42-22-27-47-86(80)104)63-90-94(89)101(82)95-91(106(90)84-45-25-20-40-78(84)66-33-17-14-18-34-66)64-88(93-81-43-23-28-48-92(81)107-96(93)95)103(72-55-51-68(52-56-72)98(4,5)6)74-38-30-36-70(60-74)100(10,11)12/h13-64H,1-12H3. The molecule has 18 rings (SSSR count). The van der Waals surface area contributed by atoms with E-state index in [-0.39, 0.29) is 28.4 Å². The van der Waals surface area contributed by atoms with Gasteiger partial charge in [-0.15, -0.1) is 11.3 Å². The van der Waals surface area contributed by atoms with Crippen LogP contribution in [0.15, 0.2) is 315 Å². The van der Waals surface area contributed by atoms with Gasteiger partial charge >= 0.3 is 0 Å². The molecule has 0 saturated heterocycles. The van der Waals surface area contributed by atoms with Gasteiger partial charge in [-0.2, -0.15) is 0 Å². The van der Waals surface area contributed by atoms with E-state index in [1.54, 1.807) is 0 Å². The lowest BCUT2D eigenvalue weighted by Gasteiger charge is -2.46. The predicted octanol–water partition coefficient (Wildman–Crippen LogP) is 26.7. The first kappa shape index (κ1) is 67.3. The van der Waals surface area contributed by atoms with Crippen LogP contribution in [0.4, 0.5) is 68.2 Å². The number of benzene rings is 14. The zero-order chi connectivity index (χ0) is 73.4. The second-order valence-electron chi connectivity index (χ2n) is 33.4. The molecule has 0 amide bonds. The Bertz CT molecular complexity index is 6070. The van der Waals surface area contributed by atoms with Crippen LogP contribution in [0.3, 0.4) is 0 Å². The van der Waals surface area contributed by atoms with Gasteiger partial charge in [0.25, 0.3) is 6.71 Å². The molecular weight excluding hydrogens is 1310 g/mol. The Morgan fingerprint density at radius 3 is 1.24 bits per heavy atom. The fraction of sp³-hybridized carbons (Fsp3) is 0.160. The van der Waals surface area contributed by atoms with Gasteiger partial charge in [0.1, 0.15) is 0 Å². The van der Waals surface area contributed by atoms with Crippen LogP contribution < -0.4 is 36.0 Å². The molecule has 0 spiro atoms. The molecule has 2 aromatic heterocycles. The van der Waals surface area contributed by atoms with E-state index in [4.69, 9.17) is 0 Å². The van der Waals surface area contributed by atoms with E-state index in [1.165, 1.54) is 69.6 Å². The van der Waals surface area contributed by atoms with E-state index >= 15 is 0 Å². The highest BCUT2D eigenvalue weighted by Gasteiger charge is 2.47. The zero-order valence-corrected chi connectivity index (χ0v) is 64.1. The van der Waals surface area contributed by atoms with Crippen molar-refractivity contribution in [1.29, 1.82) is 0 Å². The Labute approximate surface area is 635 Å². The lowest BCUT2D eigenvalue weighted by Crippen LogP contribution is -2.61. The van der Waals surface area contributed by atoms with Gasteiger partial charge in [-0.05, 0) is 181 Å². The first-order valence-corrected chi connectivity index (χ1v) is 38.7. The molecule has 0 bridgehead atoms. The van der Waals surface area contributed by atoms with Crippen molar-refractivity contribution >= 4 is 145 Å². The van der Waals surface area contributed by atoms with Crippen LogP contribution in [-0.4, -0.2) is 11.3 Å². The molecule has 2 aliphatic heterocycles. The number of aromatic nitrogens is 1. The van der Waals surface area contributed by atoms with Gasteiger partial charge in [-0.1, -0.05) is 289 Å². The molecule has 0 unspecified atom stereocenters. The van der Waals surface area contributed by atoms with E-state index in [2.05, 4.69) is 423 Å². The van der Waals surface area contributed by atoms with Gasteiger partial charge in [0.05, 0.1) is 33.8 Å². The van der Waals surface area contributed by atoms with Crippen molar-refractivity contribution in [2.24, 2.45) is 0 Å². The molecular formula is C100H88BN5S. The van der Waals surface area contributed by atoms with Crippen molar-refractivity contribution in [3.05, 3.63) is 338 Å². The molecule has 522 valence electrons. The molecule has 0 atom stereocenters. The molecule has 14 aromatic carbocycles. The van der Waals surface area contributed by atoms with E-state index in [0.717, 1.165) is 107 Å². The summed E-state index contributed by atoms with van der Waals surface area (Å²) in [6.45, 7) is 27.5. The summed E-state index contributed by atoms with van der Waals surface area (Å²) < 4.78 is 5.03. The van der Waals surface area contributed by atoms with Crippen molar-refractivity contribution in [2.75, 3.05) is 19.6 Å². The van der Waals surface area contributed by atoms with Crippen LogP contribution in [0.5, 0.6) is 0 Å². The lowest BCUT2D eigenvalue weighted by atomic mass is 9.33. The highest BCUT2D eigenvalue weighted by molar-refractivity contribution is 7.28. The Morgan fingerprint density at radius 2 is 0.720 bits per heavy atom. The molecule has 4 heterocycles. The highest BCUT2D eigenvalue weighted by Crippen LogP contribution is 2.55. The van der Waals surface area contributed by atoms with Crippen molar-refractivity contribution in [3.63, 3.8) is 0 Å². The Balaban J connectivity index is 1.03. The largest absolute Gasteiger partial charge is 0.311 e. The third kappa shape index (κ3) is 11.5. The number of hydrogen-bond acceptors (Lipinski definition) is 5. The first-order valence-electron chi connectivity index (χ1n) is 37.8. The maximum Gasteiger partial charge on any atom is 0.254 e. The van der Waals surface area contributed by atoms with Crippen molar-refractivity contribution in [1.82, 2.24) is 4.57 Å². The number of rotatable bonds is 11. The number of para-hydroxylation sites is 4. The first-order chi connectivity index (χ1) is 51.6. The minimum atomic E-state index is -0.302. The van der Waals surface area contributed by atoms with E-state index < -0.39 is 0 Å². The van der Waals surface area contributed by atoms with Crippen molar-refractivity contribution in [2.45, 2.75) is 105 Å². The van der Waals surface area contributed by atoms with Gasteiger partial charge in [-0.25, -0.2) is 0 Å². The third-order valence-corrected chi connectivity index (χ3v) is 23.6. The van der Waals surface area contributed by atoms with Crippen molar-refractivity contribution < 1.29 is 0 Å². The maximum atomic E-state index is 2.69. The number of fused-ring (bicyclic) bond motifs is 11. The average Bonchev–Trinajstić information content (AvgIpc) is 1.65. The minimum Gasteiger partial charge on any atom is -0.311 e. The van der Waals surface area contributed by atoms with Crippen LogP contribution >= 0.6 is 11.3 Å². The highest BCUT2D eigenvalue weighted by atomic mass is 32.1. The molecule has 5 nitrogen and oxygen atoms in total. The molecule has 0 N–H and O–H groups in total. The number of hydrogen-bond donors (Lipinski definition) is 0. The topological polar surface area (TPSA) is 17.9 Å². The average molecular weight is 1400 g/mol. The van der Waals surface area contributed by atoms with Crippen LogP contribution in [0.2, 0.25) is 0 Å². The summed E-state index contributed by atoms with van der Waals surface area (Å²) in [5.74, 6) is 0. The zero-order valence-electron chi connectivity index (χ0n) is 63.2. The maximum absolute atomic E-state index is 2.69. The third-order valence-electron chi connectivity index (χ3n) is 22.4. The van der Waals surface area contributed by atoms with E-state index in [9.17, 15) is 0 Å². The molecule has 0 saturated carbocycles. The van der Waals surface area contributed by atoms with Crippen molar-refractivity contribution in [3.8, 4) is 27.9 Å². The van der Waals surface area contributed by atoms with Gasteiger partial charge in [0, 0.05) is 93.3 Å². The predicted molar refractivity (Wildman–Crippen MR) is 463 cm³/mol. The SMILES string of the molecule is CC(C)(C)c1ccc(N(c2cccc(C(C)(C)C)c2)c2ccc3c(c2)N(c2ccccc2-c2ccccc2)c2cc(-n4c5ccccc5c5ccccc54)cc4c2B3c2c(cc(N(c3ccc(C(C)(C)C)cc3)c3cccc(C(C)(C)C)c3)c3c2sc2ccccc23)N4c2ccccc2-c2ccccc2)cc1. The summed E-state index contributed by atoms with van der Waals surface area (Å²) in [5.41, 5.74) is 29.6. The fourth-order valence-electron chi connectivity index (χ4n) is 16.9. The Hall–Kier alpha value is -11.6. The Kier molecular flexibility index (Phi) is 16.1. The summed E-state index contributed by atoms with van der Waals surface area (Å²) in [7, 11) is 0. The smallest absolute Gasteiger partial charge is 0.254 e. The van der Waals surface area contributed by atoms with Crippen LogP contribution in [0.1, 0.15) is 105 Å². The Morgan fingerprint density at radius 1 is 0.299 bits per heavy atom. The van der Waals surface area contributed by atoms with E-state index in [1.807, 2.05) is 11.3 Å². The summed E-state index contributed by atoms with van der Waals surface area (Å²) >= 11 is 1.94. The number of thiophene rings is 1. The van der Waals surface area contributed by atoms with Crippen LogP contribution in [-0.2, 0) is 21.7 Å². The summed E-state index contributed by atoms with van der Waals surface area (Å²) in [5, 5.41) is 4.87. The summed E-state index contributed by atoms with van der Waals surface area (Å²) in [4.78, 5) is 10.4. The molecule has 0 radical (unpaired) electrons. The normalized spacial score (nSPS) is 13.0. The molecule has 0 fully saturated rings. The molecule has 16 aromatic rings. The lowest BCUT2D eigenvalue weighted by molar-refractivity contribution is 0.590. The summed E-state index contributed by atoms with van der Waals surface area (Å²) in [6, 6.07) is 120. The molecule has 7 heteroatoms. The minimum absolute atomic E-state index is 0.0400. The van der Waals surface area contributed by atoms with Gasteiger partial charge in [0.15, 0.2) is 0 Å². The quantitative estimate of drug-likeness (QED) is 0.120. The second-order valence-corrected chi connectivity index (χ2v) is 34.4. The molecule has 0 aliphatic carbocycles. The van der Waals surface area contributed by atoms with Crippen LogP contribution in [0.25, 0.3) is 69.9 Å². The van der Waals surface area contributed by atoms with Crippen LogP contribution in [0, 0.1) is 0 Å². The number of nitrogens with zero attached hydrogens (tertiary/aromatic N) is 5. The molecule has 2 aliphatic rings. The second kappa shape index (κ2) is 25.6. The summed E-state index contributed by atoms with van der Waals surface area (Å²) in [6.07, 6.45) is 0. The monoisotopic (exact) mass is 1400 g/mol. The van der Waals surface area contributed by atoms with E-state index in [0.29, 0.717) is 0 Å². The van der Waals surface area contributed by atoms with Gasteiger partial charge in [0.2, 0.25) is 0 Å².